The van der Waals surface area contributed by atoms with Crippen LogP contribution in [0, 0.1) is 6.92 Å². The van der Waals surface area contributed by atoms with E-state index in [0.717, 1.165) is 0 Å². The van der Waals surface area contributed by atoms with E-state index < -0.39 is 12.0 Å². The average Bonchev–Trinajstić information content (AvgIpc) is 2.25. The van der Waals surface area contributed by atoms with Gasteiger partial charge >= 0.3 is 5.97 Å². The van der Waals surface area contributed by atoms with Crippen LogP contribution in [0.15, 0.2) is 6.20 Å². The number of carboxylic acids is 1. The second-order valence-corrected chi connectivity index (χ2v) is 3.20. The van der Waals surface area contributed by atoms with Gasteiger partial charge in [-0.05, 0) is 6.92 Å². The van der Waals surface area contributed by atoms with Crippen LogP contribution in [-0.4, -0.2) is 50.5 Å². The zero-order chi connectivity index (χ0) is 12.1. The van der Waals surface area contributed by atoms with Crippen molar-refractivity contribution in [3.63, 3.8) is 0 Å². The Balaban J connectivity index is 2.84. The number of nitrogens with one attached hydrogen (secondary N) is 1. The molecule has 7 nitrogen and oxygen atoms in total. The van der Waals surface area contributed by atoms with E-state index in [2.05, 4.69) is 15.3 Å². The molecule has 0 unspecified atom stereocenters. The number of aliphatic hydroxyl groups is 2. The monoisotopic (exact) mass is 227 g/mol. The van der Waals surface area contributed by atoms with E-state index in [-0.39, 0.29) is 24.7 Å². The molecule has 0 spiro atoms. The molecule has 0 aliphatic heterocycles. The van der Waals surface area contributed by atoms with Crippen molar-refractivity contribution in [2.24, 2.45) is 0 Å². The first-order chi connectivity index (χ1) is 7.58. The Morgan fingerprint density at radius 3 is 2.56 bits per heavy atom. The molecule has 1 aromatic heterocycles. The van der Waals surface area contributed by atoms with E-state index in [0.29, 0.717) is 5.69 Å². The third kappa shape index (κ3) is 2.88. The van der Waals surface area contributed by atoms with Crippen LogP contribution in [0.3, 0.4) is 0 Å². The van der Waals surface area contributed by atoms with Crippen LogP contribution in [0.2, 0.25) is 0 Å². The average molecular weight is 227 g/mol. The molecule has 0 atom stereocenters. The summed E-state index contributed by atoms with van der Waals surface area (Å²) in [6, 6.07) is -0.560. The van der Waals surface area contributed by atoms with Gasteiger partial charge < -0.3 is 20.6 Å². The molecule has 0 fully saturated rings. The molecule has 7 heteroatoms. The van der Waals surface area contributed by atoms with E-state index in [9.17, 15) is 4.79 Å². The highest BCUT2D eigenvalue weighted by Crippen LogP contribution is 2.07. The minimum atomic E-state index is -1.09. The van der Waals surface area contributed by atoms with Gasteiger partial charge in [-0.3, -0.25) is 0 Å². The zero-order valence-corrected chi connectivity index (χ0v) is 8.71. The Bertz CT molecular complexity index is 379. The fourth-order valence-corrected chi connectivity index (χ4v) is 1.08. The van der Waals surface area contributed by atoms with Gasteiger partial charge in [0.2, 0.25) is 5.95 Å². The number of aryl methyl sites for hydroxylation is 1. The van der Waals surface area contributed by atoms with E-state index in [1.54, 1.807) is 6.92 Å². The lowest BCUT2D eigenvalue weighted by Crippen LogP contribution is -2.28. The summed E-state index contributed by atoms with van der Waals surface area (Å²) in [6.07, 6.45) is 1.18. The lowest BCUT2D eigenvalue weighted by Gasteiger charge is -2.13. The van der Waals surface area contributed by atoms with Crippen LogP contribution >= 0.6 is 0 Å². The largest absolute Gasteiger partial charge is 0.478 e. The lowest BCUT2D eigenvalue weighted by molar-refractivity contribution is 0.0695. The second-order valence-electron chi connectivity index (χ2n) is 3.20. The van der Waals surface area contributed by atoms with Crippen molar-refractivity contribution >= 4 is 11.9 Å². The predicted octanol–water partition coefficient (Wildman–Crippen LogP) is -0.752. The Kier molecular flexibility index (Phi) is 4.15. The summed E-state index contributed by atoms with van der Waals surface area (Å²) in [5.74, 6) is -0.916. The van der Waals surface area contributed by atoms with Crippen molar-refractivity contribution < 1.29 is 20.1 Å². The number of hydrogen-bond donors (Lipinski definition) is 4. The molecule has 88 valence electrons. The summed E-state index contributed by atoms with van der Waals surface area (Å²) >= 11 is 0. The summed E-state index contributed by atoms with van der Waals surface area (Å²) in [4.78, 5) is 18.4. The SMILES string of the molecule is Cc1nc(NC(CO)CO)ncc1C(=O)O. The van der Waals surface area contributed by atoms with Crippen LogP contribution < -0.4 is 5.32 Å². The first-order valence-corrected chi connectivity index (χ1v) is 4.63. The number of nitrogens with zero attached hydrogens (tertiary/aromatic N) is 2. The molecule has 0 bridgehead atoms. The summed E-state index contributed by atoms with van der Waals surface area (Å²) < 4.78 is 0. The van der Waals surface area contributed by atoms with Gasteiger partial charge in [0, 0.05) is 6.20 Å². The number of anilines is 1. The number of carboxylic acid groups (broad SMARTS) is 1. The van der Waals surface area contributed by atoms with Gasteiger partial charge in [0.25, 0.3) is 0 Å². The molecule has 1 heterocycles. The van der Waals surface area contributed by atoms with Crippen LogP contribution in [0.1, 0.15) is 16.1 Å². The topological polar surface area (TPSA) is 116 Å². The quantitative estimate of drug-likeness (QED) is 0.523. The molecular weight excluding hydrogens is 214 g/mol. The van der Waals surface area contributed by atoms with Gasteiger partial charge in [-0.1, -0.05) is 0 Å². The summed E-state index contributed by atoms with van der Waals surface area (Å²) in [5.41, 5.74) is 0.342. The van der Waals surface area contributed by atoms with Gasteiger partial charge in [0.1, 0.15) is 0 Å². The van der Waals surface area contributed by atoms with Crippen molar-refractivity contribution in [3.8, 4) is 0 Å². The number of hydrogen-bond acceptors (Lipinski definition) is 6. The normalized spacial score (nSPS) is 10.5. The van der Waals surface area contributed by atoms with Crippen molar-refractivity contribution in [1.82, 2.24) is 9.97 Å². The number of aliphatic hydroxyl groups excluding tert-OH is 2. The zero-order valence-electron chi connectivity index (χ0n) is 8.71. The van der Waals surface area contributed by atoms with Crippen molar-refractivity contribution in [2.45, 2.75) is 13.0 Å². The fraction of sp³-hybridized carbons (Fsp3) is 0.444. The molecule has 0 amide bonds. The standard InChI is InChI=1S/C9H13N3O4/c1-5-7(8(15)16)2-10-9(11-5)12-6(3-13)4-14/h2,6,13-14H,3-4H2,1H3,(H,15,16)(H,10,11,12). The Labute approximate surface area is 91.8 Å². The molecule has 0 aliphatic carbocycles. The molecule has 0 saturated heterocycles. The molecule has 1 aromatic rings. The van der Waals surface area contributed by atoms with E-state index in [1.807, 2.05) is 0 Å². The van der Waals surface area contributed by atoms with Crippen molar-refractivity contribution in [1.29, 1.82) is 0 Å². The maximum atomic E-state index is 10.7. The van der Waals surface area contributed by atoms with Gasteiger partial charge in [-0.25, -0.2) is 14.8 Å². The first-order valence-electron chi connectivity index (χ1n) is 4.63. The summed E-state index contributed by atoms with van der Waals surface area (Å²) in [5, 5.41) is 29.1. The third-order valence-electron chi connectivity index (χ3n) is 1.98. The van der Waals surface area contributed by atoms with E-state index in [4.69, 9.17) is 15.3 Å². The Morgan fingerprint density at radius 2 is 2.12 bits per heavy atom. The summed E-state index contributed by atoms with van der Waals surface area (Å²) in [7, 11) is 0. The van der Waals surface area contributed by atoms with Gasteiger partial charge in [-0.15, -0.1) is 0 Å². The first kappa shape index (κ1) is 12.3. The number of aromatic carboxylic acids is 1. The third-order valence-corrected chi connectivity index (χ3v) is 1.98. The number of aromatic nitrogens is 2. The highest BCUT2D eigenvalue weighted by Gasteiger charge is 2.12. The van der Waals surface area contributed by atoms with E-state index >= 15 is 0 Å². The fourth-order valence-electron chi connectivity index (χ4n) is 1.08. The maximum absolute atomic E-state index is 10.7. The Hall–Kier alpha value is -1.73. The minimum absolute atomic E-state index is 0.0232. The maximum Gasteiger partial charge on any atom is 0.339 e. The molecular formula is C9H13N3O4. The molecule has 0 saturated carbocycles. The second kappa shape index (κ2) is 5.38. The van der Waals surface area contributed by atoms with Crippen LogP contribution in [-0.2, 0) is 0 Å². The lowest BCUT2D eigenvalue weighted by atomic mass is 10.2. The predicted molar refractivity (Wildman–Crippen MR) is 55.3 cm³/mol. The molecule has 1 rings (SSSR count). The van der Waals surface area contributed by atoms with Crippen LogP contribution in [0.5, 0.6) is 0 Å². The Morgan fingerprint density at radius 1 is 1.50 bits per heavy atom. The number of rotatable bonds is 5. The smallest absolute Gasteiger partial charge is 0.339 e. The van der Waals surface area contributed by atoms with E-state index in [1.165, 1.54) is 6.20 Å². The van der Waals surface area contributed by atoms with Gasteiger partial charge in [-0.2, -0.15) is 0 Å². The molecule has 0 aromatic carbocycles. The number of carbonyl (C=O) groups is 1. The minimum Gasteiger partial charge on any atom is -0.478 e. The molecule has 16 heavy (non-hydrogen) atoms. The molecule has 0 aliphatic rings. The highest BCUT2D eigenvalue weighted by atomic mass is 16.4. The molecule has 4 N–H and O–H groups in total. The van der Waals surface area contributed by atoms with Crippen molar-refractivity contribution in [3.05, 3.63) is 17.5 Å². The van der Waals surface area contributed by atoms with Crippen LogP contribution in [0.25, 0.3) is 0 Å². The van der Waals surface area contributed by atoms with Gasteiger partial charge in [0.05, 0.1) is 30.5 Å². The summed E-state index contributed by atoms with van der Waals surface area (Å²) in [6.45, 7) is 1.02. The van der Waals surface area contributed by atoms with Crippen molar-refractivity contribution in [2.75, 3.05) is 18.5 Å². The van der Waals surface area contributed by atoms with Gasteiger partial charge in [0.15, 0.2) is 0 Å². The van der Waals surface area contributed by atoms with Crippen LogP contribution in [0.4, 0.5) is 5.95 Å². The molecule has 0 radical (unpaired) electrons. The highest BCUT2D eigenvalue weighted by molar-refractivity contribution is 5.88.